The number of pyridine rings is 1. The van der Waals surface area contributed by atoms with Gasteiger partial charge in [0.15, 0.2) is 5.82 Å². The molecule has 0 aliphatic rings. The van der Waals surface area contributed by atoms with Crippen molar-refractivity contribution in [1.82, 2.24) is 20.2 Å². The summed E-state index contributed by atoms with van der Waals surface area (Å²) in [5.41, 5.74) is -0.123. The summed E-state index contributed by atoms with van der Waals surface area (Å²) in [6.07, 6.45) is 5.01. The summed E-state index contributed by atoms with van der Waals surface area (Å²) in [6, 6.07) is 1.26. The Labute approximate surface area is 89.6 Å². The molecule has 1 N–H and O–H groups in total. The van der Waals surface area contributed by atoms with Crippen molar-refractivity contribution in [3.8, 4) is 0 Å². The van der Waals surface area contributed by atoms with Crippen molar-refractivity contribution in [1.29, 1.82) is 0 Å². The zero-order chi connectivity index (χ0) is 11.4. The monoisotopic (exact) mass is 219 g/mol. The van der Waals surface area contributed by atoms with E-state index in [9.17, 15) is 9.18 Å². The molecule has 0 aromatic carbocycles. The first kappa shape index (κ1) is 10.1. The van der Waals surface area contributed by atoms with E-state index < -0.39 is 11.7 Å². The number of aromatic nitrogens is 4. The van der Waals surface area contributed by atoms with Crippen molar-refractivity contribution in [3.63, 3.8) is 0 Å². The Balaban J connectivity index is 2.19. The summed E-state index contributed by atoms with van der Waals surface area (Å²) in [6.45, 7) is 0. The summed E-state index contributed by atoms with van der Waals surface area (Å²) in [5, 5.41) is 9.37. The highest BCUT2D eigenvalue weighted by Gasteiger charge is 2.12. The van der Waals surface area contributed by atoms with E-state index in [4.69, 9.17) is 0 Å². The van der Waals surface area contributed by atoms with Gasteiger partial charge in [0, 0.05) is 6.20 Å². The predicted molar refractivity (Wildman–Crippen MR) is 52.0 cm³/mol. The van der Waals surface area contributed by atoms with Gasteiger partial charge in [-0.15, -0.1) is 5.10 Å². The molecule has 6 nitrogen and oxygen atoms in total. The van der Waals surface area contributed by atoms with Gasteiger partial charge in [0.05, 0.1) is 24.2 Å². The summed E-state index contributed by atoms with van der Waals surface area (Å²) in [4.78, 5) is 18.8. The van der Waals surface area contributed by atoms with Crippen LogP contribution in [-0.4, -0.2) is 26.1 Å². The minimum absolute atomic E-state index is 0.0173. The zero-order valence-electron chi connectivity index (χ0n) is 7.96. The van der Waals surface area contributed by atoms with Gasteiger partial charge in [0.25, 0.3) is 5.91 Å². The first-order valence-electron chi connectivity index (χ1n) is 4.32. The van der Waals surface area contributed by atoms with E-state index in [2.05, 4.69) is 25.5 Å². The van der Waals surface area contributed by atoms with Crippen LogP contribution in [0.3, 0.4) is 0 Å². The third kappa shape index (κ3) is 2.14. The fourth-order valence-corrected chi connectivity index (χ4v) is 1.03. The maximum atomic E-state index is 13.2. The summed E-state index contributed by atoms with van der Waals surface area (Å²) in [7, 11) is 0. The summed E-state index contributed by atoms with van der Waals surface area (Å²) >= 11 is 0. The second-order valence-corrected chi connectivity index (χ2v) is 2.78. The Kier molecular flexibility index (Phi) is 2.77. The molecule has 16 heavy (non-hydrogen) atoms. The van der Waals surface area contributed by atoms with E-state index >= 15 is 0 Å². The molecular weight excluding hydrogens is 213 g/mol. The number of hydrogen-bond donors (Lipinski definition) is 1. The highest BCUT2D eigenvalue weighted by atomic mass is 19.1. The van der Waals surface area contributed by atoms with Crippen molar-refractivity contribution in [2.45, 2.75) is 0 Å². The van der Waals surface area contributed by atoms with Crippen molar-refractivity contribution in [2.24, 2.45) is 0 Å². The molecule has 0 aliphatic carbocycles. The highest BCUT2D eigenvalue weighted by molar-refractivity contribution is 6.03. The van der Waals surface area contributed by atoms with Crippen molar-refractivity contribution >= 4 is 11.9 Å². The fraction of sp³-hybridized carbons (Fsp3) is 0. The molecule has 80 valence electrons. The van der Waals surface area contributed by atoms with Gasteiger partial charge in [0.2, 0.25) is 5.95 Å². The number of halogens is 1. The number of hydrogen-bond acceptors (Lipinski definition) is 5. The Bertz CT molecular complexity index is 504. The molecule has 2 heterocycles. The van der Waals surface area contributed by atoms with E-state index in [1.165, 1.54) is 24.7 Å². The number of nitrogens with zero attached hydrogens (tertiary/aromatic N) is 4. The lowest BCUT2D eigenvalue weighted by molar-refractivity contribution is 0.102. The van der Waals surface area contributed by atoms with E-state index in [1.54, 1.807) is 0 Å². The normalized spacial score (nSPS) is 9.81. The molecule has 0 saturated carbocycles. The smallest absolute Gasteiger partial charge is 0.261 e. The first-order valence-corrected chi connectivity index (χ1v) is 4.32. The molecule has 0 unspecified atom stereocenters. The third-order valence-electron chi connectivity index (χ3n) is 1.73. The highest BCUT2D eigenvalue weighted by Crippen LogP contribution is 2.06. The number of anilines is 1. The van der Waals surface area contributed by atoms with Crippen LogP contribution in [-0.2, 0) is 0 Å². The molecule has 0 spiro atoms. The Morgan fingerprint density at radius 2 is 2.19 bits per heavy atom. The third-order valence-corrected chi connectivity index (χ3v) is 1.73. The second kappa shape index (κ2) is 4.39. The average Bonchev–Trinajstić information content (AvgIpc) is 2.31. The lowest BCUT2D eigenvalue weighted by Gasteiger charge is -2.02. The lowest BCUT2D eigenvalue weighted by Crippen LogP contribution is -2.16. The maximum absolute atomic E-state index is 13.2. The van der Waals surface area contributed by atoms with Gasteiger partial charge in [-0.25, -0.2) is 9.37 Å². The van der Waals surface area contributed by atoms with Gasteiger partial charge in [0.1, 0.15) is 0 Å². The molecule has 7 heteroatoms. The van der Waals surface area contributed by atoms with Gasteiger partial charge in [-0.05, 0) is 6.07 Å². The van der Waals surface area contributed by atoms with Crippen LogP contribution in [0.25, 0.3) is 0 Å². The number of rotatable bonds is 2. The quantitative estimate of drug-likeness (QED) is 0.802. The van der Waals surface area contributed by atoms with Crippen LogP contribution in [0, 0.1) is 5.82 Å². The van der Waals surface area contributed by atoms with E-state index in [0.29, 0.717) is 0 Å². The molecule has 0 radical (unpaired) electrons. The Morgan fingerprint density at radius 1 is 1.31 bits per heavy atom. The number of nitrogens with one attached hydrogen (secondary N) is 1. The topological polar surface area (TPSA) is 80.7 Å². The maximum Gasteiger partial charge on any atom is 0.261 e. The molecule has 0 fully saturated rings. The molecular formula is C9H6FN5O. The molecule has 0 bridgehead atoms. The Morgan fingerprint density at radius 3 is 2.88 bits per heavy atom. The van der Waals surface area contributed by atoms with Crippen molar-refractivity contribution < 1.29 is 9.18 Å². The Hall–Kier alpha value is -2.44. The first-order chi connectivity index (χ1) is 7.77. The number of carbonyl (C=O) groups is 1. The molecule has 0 saturated heterocycles. The van der Waals surface area contributed by atoms with E-state index in [-0.39, 0.29) is 11.5 Å². The van der Waals surface area contributed by atoms with Crippen LogP contribution in [0.15, 0.2) is 30.9 Å². The molecule has 2 rings (SSSR count). The van der Waals surface area contributed by atoms with Crippen LogP contribution in [0.1, 0.15) is 10.4 Å². The minimum atomic E-state index is -0.705. The molecule has 2 aromatic heterocycles. The van der Waals surface area contributed by atoms with Crippen molar-refractivity contribution in [3.05, 3.63) is 42.2 Å². The number of carbonyl (C=O) groups excluding carboxylic acids is 1. The second-order valence-electron chi connectivity index (χ2n) is 2.78. The van der Waals surface area contributed by atoms with Crippen LogP contribution in [0.2, 0.25) is 0 Å². The van der Waals surface area contributed by atoms with E-state index in [0.717, 1.165) is 6.20 Å². The molecule has 0 atom stereocenters. The largest absolute Gasteiger partial charge is 0.289 e. The average molecular weight is 219 g/mol. The molecule has 0 aliphatic heterocycles. The van der Waals surface area contributed by atoms with Crippen molar-refractivity contribution in [2.75, 3.05) is 5.32 Å². The standard InChI is InChI=1S/C9H6FN5O/c10-7-5-11-2-1-6(7)8(16)14-9-12-3-4-13-15-9/h1-5H,(H,12,14,15,16). The molecule has 2 aromatic rings. The minimum Gasteiger partial charge on any atom is -0.289 e. The zero-order valence-corrected chi connectivity index (χ0v) is 7.96. The predicted octanol–water partition coefficient (Wildman–Crippen LogP) is 0.658. The van der Waals surface area contributed by atoms with Crippen LogP contribution in [0.4, 0.5) is 10.3 Å². The van der Waals surface area contributed by atoms with Gasteiger partial charge in [-0.1, -0.05) is 0 Å². The van der Waals surface area contributed by atoms with E-state index in [1.807, 2.05) is 0 Å². The van der Waals surface area contributed by atoms with Gasteiger partial charge < -0.3 is 0 Å². The van der Waals surface area contributed by atoms with Crippen LogP contribution >= 0.6 is 0 Å². The van der Waals surface area contributed by atoms with Gasteiger partial charge in [-0.2, -0.15) is 5.10 Å². The fourth-order valence-electron chi connectivity index (χ4n) is 1.03. The van der Waals surface area contributed by atoms with Crippen LogP contribution in [0.5, 0.6) is 0 Å². The van der Waals surface area contributed by atoms with Gasteiger partial charge >= 0.3 is 0 Å². The summed E-state index contributed by atoms with van der Waals surface area (Å²) in [5.74, 6) is -1.33. The summed E-state index contributed by atoms with van der Waals surface area (Å²) < 4.78 is 13.2. The molecule has 1 amide bonds. The lowest BCUT2D eigenvalue weighted by atomic mass is 10.2. The number of amides is 1. The van der Waals surface area contributed by atoms with Gasteiger partial charge in [-0.3, -0.25) is 15.1 Å². The van der Waals surface area contributed by atoms with Crippen LogP contribution < -0.4 is 5.32 Å². The SMILES string of the molecule is O=C(Nc1nccnn1)c1ccncc1F.